The Labute approximate surface area is 184 Å². The summed E-state index contributed by atoms with van der Waals surface area (Å²) in [6, 6.07) is 2.56. The van der Waals surface area contributed by atoms with Crippen LogP contribution in [0.25, 0.3) is 0 Å². The number of benzene rings is 1. The first-order valence-corrected chi connectivity index (χ1v) is 9.40. The van der Waals surface area contributed by atoms with Gasteiger partial charge in [-0.2, -0.15) is 5.10 Å². The number of aromatic amines is 1. The van der Waals surface area contributed by atoms with Gasteiger partial charge in [-0.15, -0.1) is 0 Å². The van der Waals surface area contributed by atoms with Crippen molar-refractivity contribution in [1.82, 2.24) is 20.5 Å². The first-order chi connectivity index (χ1) is 15.1. The average Bonchev–Trinajstić information content (AvgIpc) is 3.33. The number of rotatable bonds is 7. The summed E-state index contributed by atoms with van der Waals surface area (Å²) in [6.45, 7) is 2.70. The van der Waals surface area contributed by atoms with Crippen LogP contribution in [0.1, 0.15) is 45.1 Å². The first kappa shape index (κ1) is 22.9. The van der Waals surface area contributed by atoms with E-state index in [0.29, 0.717) is 29.5 Å². The van der Waals surface area contributed by atoms with E-state index in [0.717, 1.165) is 0 Å². The second-order valence-corrected chi connectivity index (χ2v) is 6.84. The molecule has 0 bridgehead atoms. The van der Waals surface area contributed by atoms with Gasteiger partial charge in [0.1, 0.15) is 23.8 Å². The maximum absolute atomic E-state index is 13.4. The highest BCUT2D eigenvalue weighted by molar-refractivity contribution is 6.34. The van der Waals surface area contributed by atoms with Crippen molar-refractivity contribution in [1.29, 1.82) is 0 Å². The van der Waals surface area contributed by atoms with Gasteiger partial charge in [-0.05, 0) is 12.1 Å². The highest BCUT2D eigenvalue weighted by Crippen LogP contribution is 2.21. The van der Waals surface area contributed by atoms with E-state index in [1.165, 1.54) is 13.0 Å². The highest BCUT2D eigenvalue weighted by Gasteiger charge is 2.18. The van der Waals surface area contributed by atoms with E-state index in [2.05, 4.69) is 25.8 Å². The van der Waals surface area contributed by atoms with Crippen LogP contribution in [0.3, 0.4) is 0 Å². The van der Waals surface area contributed by atoms with Crippen molar-refractivity contribution in [2.24, 2.45) is 0 Å². The Morgan fingerprint density at radius 3 is 2.62 bits per heavy atom. The van der Waals surface area contributed by atoms with Crippen molar-refractivity contribution in [2.45, 2.75) is 27.0 Å². The van der Waals surface area contributed by atoms with Crippen LogP contribution in [-0.4, -0.2) is 33.0 Å². The molecule has 0 radical (unpaired) electrons. The lowest BCUT2D eigenvalue weighted by Gasteiger charge is -2.05. The van der Waals surface area contributed by atoms with Gasteiger partial charge in [-0.3, -0.25) is 19.5 Å². The fourth-order valence-electron chi connectivity index (χ4n) is 2.57. The molecule has 0 atom stereocenters. The number of aryl methyl sites for hydroxylation is 1. The number of oxazole rings is 1. The number of hydrogen-bond donors (Lipinski definition) is 3. The zero-order chi connectivity index (χ0) is 23.4. The molecule has 3 N–H and O–H groups in total. The van der Waals surface area contributed by atoms with Crippen molar-refractivity contribution in [3.8, 4) is 0 Å². The monoisotopic (exact) mass is 467 g/mol. The second-order valence-electron chi connectivity index (χ2n) is 6.43. The minimum atomic E-state index is -1.24. The summed E-state index contributed by atoms with van der Waals surface area (Å²) in [6.07, 6.45) is 0. The number of hydrogen-bond acceptors (Lipinski definition) is 7. The standard InChI is InChI=1S/C19H16ClF2N5O5/c1-8-24-15(7-31-9(2)28)16(32-8)6-23-19(30)14-5-17(27-26-14)25-18(29)10-3-12(21)13(22)4-11(10)20/h3-5H,6-7H2,1-2H3,(H,23,30)(H2,25,26,27,29). The van der Waals surface area contributed by atoms with Crippen molar-refractivity contribution in [2.75, 3.05) is 5.32 Å². The molecule has 1 aromatic carbocycles. The lowest BCUT2D eigenvalue weighted by molar-refractivity contribution is -0.142. The Bertz CT molecular complexity index is 1190. The normalized spacial score (nSPS) is 10.7. The van der Waals surface area contributed by atoms with Crippen LogP contribution in [0, 0.1) is 18.6 Å². The number of nitrogens with zero attached hydrogens (tertiary/aromatic N) is 2. The largest absolute Gasteiger partial charge is 0.459 e. The molecule has 0 unspecified atom stereocenters. The van der Waals surface area contributed by atoms with Gasteiger partial charge in [0.15, 0.2) is 23.3 Å². The number of amides is 2. The number of aromatic nitrogens is 3. The van der Waals surface area contributed by atoms with Crippen molar-refractivity contribution < 1.29 is 32.3 Å². The van der Waals surface area contributed by atoms with E-state index >= 15 is 0 Å². The van der Waals surface area contributed by atoms with Gasteiger partial charge in [-0.25, -0.2) is 13.8 Å². The number of H-pyrrole nitrogens is 1. The Kier molecular flexibility index (Phi) is 6.83. The number of anilines is 1. The molecule has 2 amide bonds. The van der Waals surface area contributed by atoms with Gasteiger partial charge in [0.25, 0.3) is 11.8 Å². The second kappa shape index (κ2) is 9.56. The average molecular weight is 468 g/mol. The van der Waals surface area contributed by atoms with E-state index < -0.39 is 29.4 Å². The van der Waals surface area contributed by atoms with E-state index in [-0.39, 0.29) is 35.2 Å². The Balaban J connectivity index is 1.62. The fourth-order valence-corrected chi connectivity index (χ4v) is 2.81. The van der Waals surface area contributed by atoms with Crippen molar-refractivity contribution in [3.05, 3.63) is 63.5 Å². The molecular formula is C19H16ClF2N5O5. The number of esters is 1. The lowest BCUT2D eigenvalue weighted by Crippen LogP contribution is -2.23. The molecule has 0 aliphatic heterocycles. The van der Waals surface area contributed by atoms with Crippen molar-refractivity contribution in [3.63, 3.8) is 0 Å². The van der Waals surface area contributed by atoms with Gasteiger partial charge < -0.3 is 19.8 Å². The molecule has 0 fully saturated rings. The van der Waals surface area contributed by atoms with Crippen LogP contribution < -0.4 is 10.6 Å². The molecule has 0 saturated carbocycles. The zero-order valence-corrected chi connectivity index (χ0v) is 17.5. The smallest absolute Gasteiger partial charge is 0.303 e. The van der Waals surface area contributed by atoms with Gasteiger partial charge in [-0.1, -0.05) is 11.6 Å². The summed E-state index contributed by atoms with van der Waals surface area (Å²) in [7, 11) is 0. The lowest BCUT2D eigenvalue weighted by atomic mass is 10.2. The Hall–Kier alpha value is -3.80. The zero-order valence-electron chi connectivity index (χ0n) is 16.7. The molecule has 0 spiro atoms. The van der Waals surface area contributed by atoms with Crippen LogP contribution in [0.2, 0.25) is 5.02 Å². The Morgan fingerprint density at radius 2 is 1.91 bits per heavy atom. The maximum atomic E-state index is 13.4. The molecule has 168 valence electrons. The van der Waals surface area contributed by atoms with E-state index in [1.807, 2.05) is 0 Å². The molecule has 0 aliphatic carbocycles. The first-order valence-electron chi connectivity index (χ1n) is 9.02. The van der Waals surface area contributed by atoms with Crippen LogP contribution >= 0.6 is 11.6 Å². The highest BCUT2D eigenvalue weighted by atomic mass is 35.5. The number of halogens is 3. The SMILES string of the molecule is CC(=O)OCc1nc(C)oc1CNC(=O)c1cc(NC(=O)c2cc(F)c(F)cc2Cl)n[nH]1. The summed E-state index contributed by atoms with van der Waals surface area (Å²) >= 11 is 5.77. The topological polar surface area (TPSA) is 139 Å². The Morgan fingerprint density at radius 1 is 1.19 bits per heavy atom. The quantitative estimate of drug-likeness (QED) is 0.358. The van der Waals surface area contributed by atoms with Crippen LogP contribution in [0.4, 0.5) is 14.6 Å². The van der Waals surface area contributed by atoms with Gasteiger partial charge >= 0.3 is 5.97 Å². The minimum absolute atomic E-state index is 0.00513. The molecule has 2 heterocycles. The molecule has 0 saturated heterocycles. The predicted octanol–water partition coefficient (Wildman–Crippen LogP) is 2.88. The predicted molar refractivity (Wildman–Crippen MR) is 106 cm³/mol. The summed E-state index contributed by atoms with van der Waals surface area (Å²) in [5.41, 5.74) is 0.0500. The van der Waals surface area contributed by atoms with Gasteiger partial charge in [0.05, 0.1) is 17.1 Å². The molecule has 3 rings (SSSR count). The van der Waals surface area contributed by atoms with Crippen molar-refractivity contribution >= 4 is 35.2 Å². The molecular weight excluding hydrogens is 452 g/mol. The van der Waals surface area contributed by atoms with Crippen LogP contribution in [0.15, 0.2) is 22.6 Å². The molecule has 13 heteroatoms. The van der Waals surface area contributed by atoms with E-state index in [1.54, 1.807) is 6.92 Å². The number of carbonyl (C=O) groups is 3. The molecule has 0 aliphatic rings. The number of carbonyl (C=O) groups excluding carboxylic acids is 3. The fraction of sp³-hybridized carbons (Fsp3) is 0.211. The van der Waals surface area contributed by atoms with E-state index in [9.17, 15) is 23.2 Å². The summed E-state index contributed by atoms with van der Waals surface area (Å²) < 4.78 is 36.8. The third-order valence-electron chi connectivity index (χ3n) is 4.03. The number of nitrogens with one attached hydrogen (secondary N) is 3. The summed E-state index contributed by atoms with van der Waals surface area (Å²) in [5, 5.41) is 10.8. The van der Waals surface area contributed by atoms with Gasteiger partial charge in [0, 0.05) is 19.9 Å². The molecule has 32 heavy (non-hydrogen) atoms. The molecule has 10 nitrogen and oxygen atoms in total. The summed E-state index contributed by atoms with van der Waals surface area (Å²) in [4.78, 5) is 39.7. The summed E-state index contributed by atoms with van der Waals surface area (Å²) in [5.74, 6) is -3.77. The molecule has 2 aromatic heterocycles. The maximum Gasteiger partial charge on any atom is 0.303 e. The van der Waals surface area contributed by atoms with Crippen LogP contribution in [-0.2, 0) is 22.7 Å². The third-order valence-corrected chi connectivity index (χ3v) is 4.34. The van der Waals surface area contributed by atoms with E-state index in [4.69, 9.17) is 20.8 Å². The molecule has 3 aromatic rings. The number of ether oxygens (including phenoxy) is 1. The minimum Gasteiger partial charge on any atom is -0.459 e. The third kappa shape index (κ3) is 5.46. The van der Waals surface area contributed by atoms with Gasteiger partial charge in [0.2, 0.25) is 0 Å². The van der Waals surface area contributed by atoms with Crippen LogP contribution in [0.5, 0.6) is 0 Å².